The second kappa shape index (κ2) is 64.7. The Morgan fingerprint density at radius 1 is 0.312 bits per heavy atom. The Labute approximate surface area is 568 Å². The lowest BCUT2D eigenvalue weighted by Crippen LogP contribution is -2.30. The molecule has 3 N–H and O–H groups in total. The molecular formula is C74H144O17P2. The van der Waals surface area contributed by atoms with Crippen molar-refractivity contribution in [2.24, 2.45) is 17.8 Å². The molecule has 0 saturated heterocycles. The lowest BCUT2D eigenvalue weighted by atomic mass is 9.99. The third-order valence-electron chi connectivity index (χ3n) is 17.5. The summed E-state index contributed by atoms with van der Waals surface area (Å²) in [6, 6.07) is 0. The smallest absolute Gasteiger partial charge is 0.462 e. The Hall–Kier alpha value is -1.94. The lowest BCUT2D eigenvalue weighted by Gasteiger charge is -2.21. The monoisotopic (exact) mass is 1370 g/mol. The Morgan fingerprint density at radius 2 is 0.548 bits per heavy atom. The minimum atomic E-state index is -4.96. The summed E-state index contributed by atoms with van der Waals surface area (Å²) in [4.78, 5) is 72.7. The van der Waals surface area contributed by atoms with Gasteiger partial charge in [-0.05, 0) is 43.4 Å². The molecule has 552 valence electrons. The first-order valence-corrected chi connectivity index (χ1v) is 41.4. The van der Waals surface area contributed by atoms with Crippen molar-refractivity contribution in [3.63, 3.8) is 0 Å². The predicted octanol–water partition coefficient (Wildman–Crippen LogP) is 21.4. The zero-order chi connectivity index (χ0) is 68.7. The van der Waals surface area contributed by atoms with Crippen molar-refractivity contribution in [2.45, 2.75) is 394 Å². The molecular weight excluding hydrogens is 1220 g/mol. The molecule has 0 fully saturated rings. The van der Waals surface area contributed by atoms with Crippen LogP contribution in [0, 0.1) is 17.8 Å². The highest BCUT2D eigenvalue weighted by atomic mass is 31.2. The quantitative estimate of drug-likeness (QED) is 0.0222. The molecule has 0 heterocycles. The second-order valence-corrected chi connectivity index (χ2v) is 30.8. The molecule has 0 aliphatic rings. The zero-order valence-electron chi connectivity index (χ0n) is 60.7. The standard InChI is InChI=1S/C74H144O17P2/c1-8-10-11-12-13-14-15-16-17-18-19-20-21-22-27-35-43-50-57-73(78)90-69(61-84-71(76)55-48-41-34-26-24-23-25-31-38-45-52-65(3)4)63-88-92(80,81)86-59-68(75)60-87-93(82,83)89-64-70(62-85-72(77)56-49-42-37-30-32-39-46-53-66(5)6)91-74(79)58-51-44-36-29-28-33-40-47-54-67(7)9-2/h65-70,75H,8-64H2,1-7H3,(H,80,81)(H,82,83)/t67?,68-,69-,70-/m1/s1. The molecule has 0 saturated carbocycles. The van der Waals surface area contributed by atoms with E-state index < -0.39 is 97.5 Å². The molecule has 17 nitrogen and oxygen atoms in total. The molecule has 0 aliphatic heterocycles. The maximum Gasteiger partial charge on any atom is 0.472 e. The van der Waals surface area contributed by atoms with Crippen LogP contribution in [0.2, 0.25) is 0 Å². The highest BCUT2D eigenvalue weighted by Crippen LogP contribution is 2.45. The molecule has 0 spiro atoms. The number of unbranched alkanes of at least 4 members (excludes halogenated alkanes) is 39. The van der Waals surface area contributed by atoms with Gasteiger partial charge in [0.15, 0.2) is 12.2 Å². The molecule has 0 rings (SSSR count). The summed E-state index contributed by atoms with van der Waals surface area (Å²) in [5.41, 5.74) is 0. The number of phosphoric ester groups is 2. The van der Waals surface area contributed by atoms with E-state index in [-0.39, 0.29) is 25.7 Å². The highest BCUT2D eigenvalue weighted by Gasteiger charge is 2.30. The maximum absolute atomic E-state index is 13.1. The van der Waals surface area contributed by atoms with Crippen LogP contribution in [-0.2, 0) is 65.4 Å². The van der Waals surface area contributed by atoms with Crippen molar-refractivity contribution in [1.29, 1.82) is 0 Å². The number of phosphoric acid groups is 2. The van der Waals surface area contributed by atoms with E-state index in [9.17, 15) is 43.2 Å². The average Bonchev–Trinajstić information content (AvgIpc) is 1.98. The van der Waals surface area contributed by atoms with E-state index >= 15 is 0 Å². The number of hydrogen-bond acceptors (Lipinski definition) is 15. The molecule has 0 aromatic heterocycles. The van der Waals surface area contributed by atoms with E-state index in [0.717, 1.165) is 108 Å². The van der Waals surface area contributed by atoms with E-state index in [1.54, 1.807) is 0 Å². The van der Waals surface area contributed by atoms with Crippen molar-refractivity contribution < 1.29 is 80.2 Å². The van der Waals surface area contributed by atoms with Crippen LogP contribution >= 0.6 is 15.6 Å². The largest absolute Gasteiger partial charge is 0.472 e. The van der Waals surface area contributed by atoms with Crippen molar-refractivity contribution in [1.82, 2.24) is 0 Å². The van der Waals surface area contributed by atoms with Gasteiger partial charge in [0.2, 0.25) is 0 Å². The Bertz CT molecular complexity index is 1820. The minimum absolute atomic E-state index is 0.104. The van der Waals surface area contributed by atoms with E-state index in [4.69, 9.17) is 37.0 Å². The average molecular weight is 1370 g/mol. The normalized spacial score (nSPS) is 14.4. The topological polar surface area (TPSA) is 237 Å². The molecule has 0 aromatic carbocycles. The fourth-order valence-electron chi connectivity index (χ4n) is 11.2. The Kier molecular flexibility index (Phi) is 63.4. The van der Waals surface area contributed by atoms with Gasteiger partial charge in [0, 0.05) is 25.7 Å². The van der Waals surface area contributed by atoms with Crippen molar-refractivity contribution >= 4 is 39.5 Å². The molecule has 6 atom stereocenters. The Morgan fingerprint density at radius 3 is 0.817 bits per heavy atom. The van der Waals surface area contributed by atoms with E-state index in [0.29, 0.717) is 31.6 Å². The van der Waals surface area contributed by atoms with Crippen molar-refractivity contribution in [3.05, 3.63) is 0 Å². The van der Waals surface area contributed by atoms with Crippen LogP contribution in [0.4, 0.5) is 0 Å². The van der Waals surface area contributed by atoms with Gasteiger partial charge in [-0.2, -0.15) is 0 Å². The summed E-state index contributed by atoms with van der Waals surface area (Å²) < 4.78 is 68.4. The van der Waals surface area contributed by atoms with E-state index in [1.807, 2.05) is 0 Å². The fraction of sp³-hybridized carbons (Fsp3) is 0.946. The number of hydrogen-bond donors (Lipinski definition) is 3. The number of rotatable bonds is 72. The van der Waals surface area contributed by atoms with Crippen LogP contribution in [0.25, 0.3) is 0 Å². The number of ether oxygens (including phenoxy) is 4. The van der Waals surface area contributed by atoms with Crippen LogP contribution < -0.4 is 0 Å². The van der Waals surface area contributed by atoms with Gasteiger partial charge in [-0.3, -0.25) is 37.3 Å². The number of carbonyl (C=O) groups is 4. The van der Waals surface area contributed by atoms with Crippen LogP contribution in [0.1, 0.15) is 376 Å². The number of aliphatic hydroxyl groups excluding tert-OH is 1. The molecule has 0 bridgehead atoms. The second-order valence-electron chi connectivity index (χ2n) is 27.9. The summed E-state index contributed by atoms with van der Waals surface area (Å²) in [5.74, 6) is 0.110. The summed E-state index contributed by atoms with van der Waals surface area (Å²) >= 11 is 0. The van der Waals surface area contributed by atoms with Gasteiger partial charge < -0.3 is 33.8 Å². The first kappa shape index (κ1) is 91.1. The Balaban J connectivity index is 5.24. The van der Waals surface area contributed by atoms with Crippen LogP contribution in [-0.4, -0.2) is 96.7 Å². The fourth-order valence-corrected chi connectivity index (χ4v) is 12.8. The van der Waals surface area contributed by atoms with Crippen molar-refractivity contribution in [3.8, 4) is 0 Å². The molecule has 0 aliphatic carbocycles. The predicted molar refractivity (Wildman–Crippen MR) is 377 cm³/mol. The van der Waals surface area contributed by atoms with Gasteiger partial charge in [-0.25, -0.2) is 9.13 Å². The van der Waals surface area contributed by atoms with Gasteiger partial charge in [-0.1, -0.05) is 325 Å². The van der Waals surface area contributed by atoms with Gasteiger partial charge in [0.25, 0.3) is 0 Å². The summed E-state index contributed by atoms with van der Waals surface area (Å²) in [7, 11) is -9.91. The van der Waals surface area contributed by atoms with Crippen LogP contribution in [0.3, 0.4) is 0 Å². The third kappa shape index (κ3) is 67.0. The first-order valence-electron chi connectivity index (χ1n) is 38.4. The lowest BCUT2D eigenvalue weighted by molar-refractivity contribution is -0.161. The molecule has 0 aromatic rings. The van der Waals surface area contributed by atoms with Gasteiger partial charge in [0.1, 0.15) is 19.3 Å². The SMILES string of the molecule is CCCCCCCCCCCCCCCCCCCCC(=O)O[C@H](COC(=O)CCCCCCCCCCCCC(C)C)COP(=O)(O)OC[C@@H](O)COP(=O)(O)OC[C@@H](COC(=O)CCCCCCCCCC(C)C)OC(=O)CCCCCCCCCCC(C)CC. The van der Waals surface area contributed by atoms with Gasteiger partial charge in [0.05, 0.1) is 26.4 Å². The highest BCUT2D eigenvalue weighted by molar-refractivity contribution is 7.47. The van der Waals surface area contributed by atoms with E-state index in [1.165, 1.54) is 180 Å². The van der Waals surface area contributed by atoms with Crippen molar-refractivity contribution in [2.75, 3.05) is 39.6 Å². The van der Waals surface area contributed by atoms with Gasteiger partial charge >= 0.3 is 39.5 Å². The minimum Gasteiger partial charge on any atom is -0.462 e. The van der Waals surface area contributed by atoms with E-state index in [2.05, 4.69) is 48.5 Å². The number of aliphatic hydroxyl groups is 1. The number of esters is 4. The maximum atomic E-state index is 13.1. The van der Waals surface area contributed by atoms with Crippen LogP contribution in [0.5, 0.6) is 0 Å². The zero-order valence-corrected chi connectivity index (χ0v) is 62.5. The first-order chi connectivity index (χ1) is 44.8. The summed E-state index contributed by atoms with van der Waals surface area (Å²) in [6.45, 7) is 11.8. The van der Waals surface area contributed by atoms with Crippen LogP contribution in [0.15, 0.2) is 0 Å². The molecule has 93 heavy (non-hydrogen) atoms. The summed E-state index contributed by atoms with van der Waals surface area (Å²) in [5, 5.41) is 10.6. The third-order valence-corrected chi connectivity index (χ3v) is 19.4. The van der Waals surface area contributed by atoms with Gasteiger partial charge in [-0.15, -0.1) is 0 Å². The molecule has 19 heteroatoms. The summed E-state index contributed by atoms with van der Waals surface area (Å²) in [6.07, 6.45) is 50.0. The molecule has 3 unspecified atom stereocenters. The number of carbonyl (C=O) groups excluding carboxylic acids is 4. The molecule has 0 radical (unpaired) electrons. The molecule has 0 amide bonds.